The van der Waals surface area contributed by atoms with Gasteiger partial charge in [-0.25, -0.2) is 4.39 Å². The molecule has 0 saturated heterocycles. The quantitative estimate of drug-likeness (QED) is 0.772. The number of halogens is 2. The van der Waals surface area contributed by atoms with Crippen LogP contribution >= 0.6 is 11.6 Å². The molecule has 0 aromatic heterocycles. The van der Waals surface area contributed by atoms with E-state index in [9.17, 15) is 4.39 Å². The summed E-state index contributed by atoms with van der Waals surface area (Å²) in [6.07, 6.45) is 3.94. The maximum absolute atomic E-state index is 13.4. The van der Waals surface area contributed by atoms with Crippen LogP contribution < -0.4 is 5.32 Å². The first-order valence-electron chi connectivity index (χ1n) is 6.30. The second kappa shape index (κ2) is 7.67. The van der Waals surface area contributed by atoms with Crippen LogP contribution in [0.15, 0.2) is 18.2 Å². The Morgan fingerprint density at radius 2 is 2.18 bits per heavy atom. The van der Waals surface area contributed by atoms with E-state index in [2.05, 4.69) is 19.2 Å². The topological polar surface area (TPSA) is 12.0 Å². The fraction of sp³-hybridized carbons (Fsp3) is 0.571. The Labute approximate surface area is 108 Å². The highest BCUT2D eigenvalue weighted by Gasteiger charge is 2.05. The molecule has 0 bridgehead atoms. The van der Waals surface area contributed by atoms with Crippen molar-refractivity contribution in [3.8, 4) is 0 Å². The summed E-state index contributed by atoms with van der Waals surface area (Å²) >= 11 is 5.85. The summed E-state index contributed by atoms with van der Waals surface area (Å²) in [5.74, 6) is -0.149. The Kier molecular flexibility index (Phi) is 6.53. The molecule has 0 radical (unpaired) electrons. The average molecular weight is 258 g/mol. The van der Waals surface area contributed by atoms with Crippen molar-refractivity contribution in [2.45, 2.75) is 45.6 Å². The lowest BCUT2D eigenvalue weighted by molar-refractivity contribution is 0.494. The lowest BCUT2D eigenvalue weighted by Crippen LogP contribution is -2.26. The molecule has 96 valence electrons. The molecular weight excluding hydrogens is 237 g/mol. The van der Waals surface area contributed by atoms with Gasteiger partial charge in [0, 0.05) is 11.1 Å². The van der Waals surface area contributed by atoms with Gasteiger partial charge in [-0.05, 0) is 62.9 Å². The molecule has 0 aliphatic heterocycles. The second-order valence-corrected chi connectivity index (χ2v) is 4.92. The van der Waals surface area contributed by atoms with Gasteiger partial charge in [-0.3, -0.25) is 0 Å². The SMILES string of the molecule is CCCNC(C)CCCc1cc(Cl)ccc1F. The maximum atomic E-state index is 13.4. The van der Waals surface area contributed by atoms with E-state index in [0.717, 1.165) is 37.8 Å². The standard InChI is InChI=1S/C14H21ClFN/c1-3-9-17-11(2)5-4-6-12-10-13(15)7-8-14(12)16/h7-8,10-11,17H,3-6,9H2,1-2H3. The van der Waals surface area contributed by atoms with Gasteiger partial charge in [0.05, 0.1) is 0 Å². The van der Waals surface area contributed by atoms with Crippen LogP contribution in [-0.4, -0.2) is 12.6 Å². The van der Waals surface area contributed by atoms with Gasteiger partial charge in [-0.2, -0.15) is 0 Å². The molecule has 0 aliphatic rings. The number of hydrogen-bond donors (Lipinski definition) is 1. The highest BCUT2D eigenvalue weighted by Crippen LogP contribution is 2.17. The fourth-order valence-electron chi connectivity index (χ4n) is 1.83. The lowest BCUT2D eigenvalue weighted by Gasteiger charge is -2.12. The van der Waals surface area contributed by atoms with E-state index >= 15 is 0 Å². The Morgan fingerprint density at radius 1 is 1.41 bits per heavy atom. The Morgan fingerprint density at radius 3 is 2.88 bits per heavy atom. The van der Waals surface area contributed by atoms with Crippen molar-refractivity contribution in [3.63, 3.8) is 0 Å². The summed E-state index contributed by atoms with van der Waals surface area (Å²) in [5, 5.41) is 4.03. The van der Waals surface area contributed by atoms with Gasteiger partial charge >= 0.3 is 0 Å². The minimum Gasteiger partial charge on any atom is -0.314 e. The van der Waals surface area contributed by atoms with Crippen molar-refractivity contribution in [1.29, 1.82) is 0 Å². The number of benzene rings is 1. The summed E-state index contributed by atoms with van der Waals surface area (Å²) in [7, 11) is 0. The molecule has 17 heavy (non-hydrogen) atoms. The summed E-state index contributed by atoms with van der Waals surface area (Å²) in [5.41, 5.74) is 0.722. The number of rotatable bonds is 7. The molecule has 1 rings (SSSR count). The predicted molar refractivity (Wildman–Crippen MR) is 72.1 cm³/mol. The first-order chi connectivity index (χ1) is 8.13. The fourth-order valence-corrected chi connectivity index (χ4v) is 2.02. The molecule has 1 aromatic rings. The van der Waals surface area contributed by atoms with Crippen molar-refractivity contribution in [3.05, 3.63) is 34.6 Å². The second-order valence-electron chi connectivity index (χ2n) is 4.48. The number of nitrogens with one attached hydrogen (secondary N) is 1. The van der Waals surface area contributed by atoms with E-state index in [-0.39, 0.29) is 5.82 Å². The molecule has 1 nitrogen and oxygen atoms in total. The molecule has 1 N–H and O–H groups in total. The van der Waals surface area contributed by atoms with Crippen LogP contribution in [0.25, 0.3) is 0 Å². The molecule has 0 amide bonds. The van der Waals surface area contributed by atoms with Crippen LogP contribution in [0, 0.1) is 5.82 Å². The largest absolute Gasteiger partial charge is 0.314 e. The summed E-state index contributed by atoms with van der Waals surface area (Å²) in [6.45, 7) is 5.37. The Hall–Kier alpha value is -0.600. The normalized spacial score (nSPS) is 12.7. The minimum atomic E-state index is -0.149. The van der Waals surface area contributed by atoms with Gasteiger partial charge < -0.3 is 5.32 Å². The van der Waals surface area contributed by atoms with Crippen LogP contribution in [-0.2, 0) is 6.42 Å². The molecule has 0 heterocycles. The van der Waals surface area contributed by atoms with E-state index in [4.69, 9.17) is 11.6 Å². The zero-order chi connectivity index (χ0) is 12.7. The van der Waals surface area contributed by atoms with Crippen molar-refractivity contribution in [1.82, 2.24) is 5.32 Å². The lowest BCUT2D eigenvalue weighted by atomic mass is 10.0. The molecule has 1 atom stereocenters. The number of aryl methyl sites for hydroxylation is 1. The number of hydrogen-bond acceptors (Lipinski definition) is 1. The van der Waals surface area contributed by atoms with Gasteiger partial charge in [0.2, 0.25) is 0 Å². The minimum absolute atomic E-state index is 0.149. The van der Waals surface area contributed by atoms with Crippen LogP contribution in [0.1, 0.15) is 38.7 Å². The molecule has 0 aliphatic carbocycles. The first-order valence-corrected chi connectivity index (χ1v) is 6.68. The Balaban J connectivity index is 2.32. The van der Waals surface area contributed by atoms with Crippen LogP contribution in [0.4, 0.5) is 4.39 Å². The smallest absolute Gasteiger partial charge is 0.126 e. The predicted octanol–water partition coefficient (Wildman–Crippen LogP) is 4.19. The molecule has 0 spiro atoms. The van der Waals surface area contributed by atoms with Crippen molar-refractivity contribution in [2.24, 2.45) is 0 Å². The van der Waals surface area contributed by atoms with Gasteiger partial charge in [-0.1, -0.05) is 18.5 Å². The average Bonchev–Trinajstić information content (AvgIpc) is 2.31. The third kappa shape index (κ3) is 5.51. The first kappa shape index (κ1) is 14.5. The van der Waals surface area contributed by atoms with E-state index in [0.29, 0.717) is 11.1 Å². The van der Waals surface area contributed by atoms with E-state index in [1.807, 2.05) is 0 Å². The third-order valence-corrected chi connectivity index (χ3v) is 3.07. The van der Waals surface area contributed by atoms with E-state index in [1.54, 1.807) is 12.1 Å². The highest BCUT2D eigenvalue weighted by atomic mass is 35.5. The van der Waals surface area contributed by atoms with Crippen molar-refractivity contribution in [2.75, 3.05) is 6.54 Å². The zero-order valence-electron chi connectivity index (χ0n) is 10.6. The molecule has 1 unspecified atom stereocenters. The highest BCUT2D eigenvalue weighted by molar-refractivity contribution is 6.30. The van der Waals surface area contributed by atoms with Crippen molar-refractivity contribution < 1.29 is 4.39 Å². The Bertz CT molecular complexity index is 341. The van der Waals surface area contributed by atoms with E-state index < -0.39 is 0 Å². The summed E-state index contributed by atoms with van der Waals surface area (Å²) < 4.78 is 13.4. The van der Waals surface area contributed by atoms with Crippen LogP contribution in [0.3, 0.4) is 0 Å². The molecule has 3 heteroatoms. The van der Waals surface area contributed by atoms with Crippen molar-refractivity contribution >= 4 is 11.6 Å². The van der Waals surface area contributed by atoms with Gasteiger partial charge in [0.25, 0.3) is 0 Å². The van der Waals surface area contributed by atoms with Gasteiger partial charge in [0.1, 0.15) is 5.82 Å². The molecule has 0 saturated carbocycles. The molecule has 0 fully saturated rings. The molecule has 1 aromatic carbocycles. The van der Waals surface area contributed by atoms with Crippen LogP contribution in [0.5, 0.6) is 0 Å². The van der Waals surface area contributed by atoms with Crippen LogP contribution in [0.2, 0.25) is 5.02 Å². The van der Waals surface area contributed by atoms with Gasteiger partial charge in [-0.15, -0.1) is 0 Å². The summed E-state index contributed by atoms with van der Waals surface area (Å²) in [6, 6.07) is 5.25. The molecular formula is C14H21ClFN. The third-order valence-electron chi connectivity index (χ3n) is 2.83. The summed E-state index contributed by atoms with van der Waals surface area (Å²) in [4.78, 5) is 0. The maximum Gasteiger partial charge on any atom is 0.126 e. The zero-order valence-corrected chi connectivity index (χ0v) is 11.4. The monoisotopic (exact) mass is 257 g/mol. The van der Waals surface area contributed by atoms with Gasteiger partial charge in [0.15, 0.2) is 0 Å². The van der Waals surface area contributed by atoms with E-state index in [1.165, 1.54) is 6.07 Å².